The van der Waals surface area contributed by atoms with Crippen LogP contribution >= 0.6 is 0 Å². The van der Waals surface area contributed by atoms with Gasteiger partial charge in [-0.2, -0.15) is 13.2 Å². The molecule has 1 N–H and O–H groups in total. The molecule has 9 heteroatoms. The minimum absolute atomic E-state index is 0.137. The van der Waals surface area contributed by atoms with E-state index in [0.29, 0.717) is 18.6 Å². The van der Waals surface area contributed by atoms with E-state index in [1.165, 1.54) is 43.8 Å². The number of alkyl halides is 3. The van der Waals surface area contributed by atoms with E-state index in [9.17, 15) is 18.0 Å². The minimum atomic E-state index is -4.08. The van der Waals surface area contributed by atoms with Gasteiger partial charge in [-0.25, -0.2) is 4.79 Å². The normalized spacial score (nSPS) is 20.6. The molecule has 0 amide bonds. The lowest BCUT2D eigenvalue weighted by atomic mass is 9.87. The van der Waals surface area contributed by atoms with Crippen molar-refractivity contribution >= 4 is 16.9 Å². The number of piperidine rings is 1. The number of benzene rings is 1. The molecule has 0 bridgehead atoms. The number of likely N-dealkylation sites (tertiary alicyclic amines) is 1. The van der Waals surface area contributed by atoms with Crippen LogP contribution in [-0.2, 0) is 6.54 Å². The van der Waals surface area contributed by atoms with Crippen molar-refractivity contribution in [1.82, 2.24) is 14.9 Å². The molecule has 2 aromatic heterocycles. The highest BCUT2D eigenvalue weighted by atomic mass is 19.4. The number of halogens is 3. The van der Waals surface area contributed by atoms with E-state index in [0.717, 1.165) is 36.2 Å². The first kappa shape index (κ1) is 26.9. The largest absolute Gasteiger partial charge is 0.490 e. The SMILES string of the molecule is FC(F)(F)C1CCC(Oc2ccc3nc(CN4CCCCC4)ccc3c2)CC1.O=C(O)c1ccncc1. The maximum atomic E-state index is 12.8. The van der Waals surface area contributed by atoms with Crippen LogP contribution < -0.4 is 4.74 Å². The van der Waals surface area contributed by atoms with Crippen molar-refractivity contribution in [2.75, 3.05) is 13.1 Å². The molecule has 3 aromatic rings. The third kappa shape index (κ3) is 7.89. The first-order chi connectivity index (χ1) is 17.8. The summed E-state index contributed by atoms with van der Waals surface area (Å²) in [6, 6.07) is 12.8. The Hall–Kier alpha value is -3.20. The van der Waals surface area contributed by atoms with Crippen LogP contribution in [0.1, 0.15) is 61.0 Å². The van der Waals surface area contributed by atoms with E-state index in [1.54, 1.807) is 0 Å². The van der Waals surface area contributed by atoms with Gasteiger partial charge in [0.05, 0.1) is 28.8 Å². The molecular formula is C28H32F3N3O3. The summed E-state index contributed by atoms with van der Waals surface area (Å²) in [7, 11) is 0. The summed E-state index contributed by atoms with van der Waals surface area (Å²) in [4.78, 5) is 21.1. The van der Waals surface area contributed by atoms with Crippen LogP contribution in [0.3, 0.4) is 0 Å². The predicted molar refractivity (Wildman–Crippen MR) is 134 cm³/mol. The van der Waals surface area contributed by atoms with Crippen LogP contribution in [0.2, 0.25) is 0 Å². The number of carboxylic acid groups (broad SMARTS) is 1. The molecule has 198 valence electrons. The zero-order valence-corrected chi connectivity index (χ0v) is 20.7. The van der Waals surface area contributed by atoms with Gasteiger partial charge < -0.3 is 9.84 Å². The summed E-state index contributed by atoms with van der Waals surface area (Å²) >= 11 is 0. The van der Waals surface area contributed by atoms with Crippen molar-refractivity contribution in [1.29, 1.82) is 0 Å². The van der Waals surface area contributed by atoms with Crippen molar-refractivity contribution in [3.63, 3.8) is 0 Å². The molecule has 0 atom stereocenters. The molecule has 5 rings (SSSR count). The van der Waals surface area contributed by atoms with Gasteiger partial charge in [0.2, 0.25) is 0 Å². The molecule has 37 heavy (non-hydrogen) atoms. The van der Waals surface area contributed by atoms with E-state index >= 15 is 0 Å². The van der Waals surface area contributed by atoms with Gasteiger partial charge in [-0.3, -0.25) is 14.9 Å². The Morgan fingerprint density at radius 1 is 0.973 bits per heavy atom. The average Bonchev–Trinajstić information content (AvgIpc) is 2.90. The van der Waals surface area contributed by atoms with E-state index in [1.807, 2.05) is 18.2 Å². The number of fused-ring (bicyclic) bond motifs is 1. The summed E-state index contributed by atoms with van der Waals surface area (Å²) in [6.07, 6.45) is 3.75. The number of aromatic carboxylic acids is 1. The smallest absolute Gasteiger partial charge is 0.391 e. The van der Waals surface area contributed by atoms with Gasteiger partial charge >= 0.3 is 12.1 Å². The second-order valence-corrected chi connectivity index (χ2v) is 9.67. The molecule has 6 nitrogen and oxygen atoms in total. The molecule has 0 spiro atoms. The number of hydrogen-bond donors (Lipinski definition) is 1. The first-order valence-corrected chi connectivity index (χ1v) is 12.8. The lowest BCUT2D eigenvalue weighted by Gasteiger charge is -2.30. The van der Waals surface area contributed by atoms with Crippen LogP contribution in [0, 0.1) is 5.92 Å². The monoisotopic (exact) mass is 515 g/mol. The fourth-order valence-corrected chi connectivity index (χ4v) is 4.85. The standard InChI is InChI=1S/C22H27F3N2O.C6H5NO2/c23-22(24,25)17-5-8-19(9-6-17)28-20-10-11-21-16(14-20)4-7-18(26-21)15-27-12-2-1-3-13-27;8-6(9)5-1-3-7-4-2-5/h4,7,10-11,14,17,19H,1-3,5-6,8-9,12-13,15H2;1-4H,(H,8,9). The Bertz CT molecular complexity index is 1160. The predicted octanol–water partition coefficient (Wildman–Crippen LogP) is 6.50. The molecule has 1 aliphatic carbocycles. The second kappa shape index (κ2) is 12.4. The van der Waals surface area contributed by atoms with Gasteiger partial charge in [-0.1, -0.05) is 12.5 Å². The molecule has 0 unspecified atom stereocenters. The summed E-state index contributed by atoms with van der Waals surface area (Å²) in [5.41, 5.74) is 2.28. The van der Waals surface area contributed by atoms with Crippen LogP contribution in [-0.4, -0.2) is 51.3 Å². The molecule has 2 aliphatic rings. The molecule has 1 aliphatic heterocycles. The number of carboxylic acids is 1. The average molecular weight is 516 g/mol. The Morgan fingerprint density at radius 3 is 2.30 bits per heavy atom. The highest BCUT2D eigenvalue weighted by Crippen LogP contribution is 2.38. The molecule has 0 radical (unpaired) electrons. The Labute approximate surface area is 214 Å². The quantitative estimate of drug-likeness (QED) is 0.418. The fourth-order valence-electron chi connectivity index (χ4n) is 4.85. The molecule has 1 aromatic carbocycles. The summed E-state index contributed by atoms with van der Waals surface area (Å²) in [5.74, 6) is -1.38. The molecule has 1 saturated heterocycles. The van der Waals surface area contributed by atoms with Crippen LogP contribution in [0.15, 0.2) is 54.9 Å². The van der Waals surface area contributed by atoms with Crippen LogP contribution in [0.4, 0.5) is 13.2 Å². The maximum absolute atomic E-state index is 12.8. The number of carbonyl (C=O) groups is 1. The third-order valence-corrected chi connectivity index (χ3v) is 6.92. The highest BCUT2D eigenvalue weighted by molar-refractivity contribution is 5.87. The summed E-state index contributed by atoms with van der Waals surface area (Å²) in [5, 5.41) is 9.36. The zero-order valence-electron chi connectivity index (χ0n) is 20.7. The van der Waals surface area contributed by atoms with Gasteiger partial charge in [0, 0.05) is 24.3 Å². The number of rotatable bonds is 5. The Balaban J connectivity index is 0.000000301. The highest BCUT2D eigenvalue weighted by Gasteiger charge is 2.41. The van der Waals surface area contributed by atoms with Crippen LogP contribution in [0.5, 0.6) is 5.75 Å². The van der Waals surface area contributed by atoms with Crippen molar-refractivity contribution in [2.45, 2.75) is 63.8 Å². The van der Waals surface area contributed by atoms with Crippen molar-refractivity contribution in [2.24, 2.45) is 5.92 Å². The van der Waals surface area contributed by atoms with Gasteiger partial charge in [-0.05, 0) is 88.0 Å². The van der Waals surface area contributed by atoms with Crippen LogP contribution in [0.25, 0.3) is 10.9 Å². The maximum Gasteiger partial charge on any atom is 0.391 e. The third-order valence-electron chi connectivity index (χ3n) is 6.92. The van der Waals surface area contributed by atoms with E-state index in [4.69, 9.17) is 14.8 Å². The fraction of sp³-hybridized carbons (Fsp3) is 0.464. The number of hydrogen-bond acceptors (Lipinski definition) is 5. The van der Waals surface area contributed by atoms with E-state index in [2.05, 4.69) is 22.0 Å². The van der Waals surface area contributed by atoms with Crippen molar-refractivity contribution in [3.8, 4) is 5.75 Å². The van der Waals surface area contributed by atoms with Gasteiger partial charge in [-0.15, -0.1) is 0 Å². The Morgan fingerprint density at radius 2 is 1.68 bits per heavy atom. The minimum Gasteiger partial charge on any atom is -0.490 e. The molecule has 1 saturated carbocycles. The topological polar surface area (TPSA) is 75.5 Å². The zero-order chi connectivity index (χ0) is 26.3. The summed E-state index contributed by atoms with van der Waals surface area (Å²) in [6.45, 7) is 3.17. The van der Waals surface area contributed by atoms with E-state index in [-0.39, 0.29) is 24.5 Å². The van der Waals surface area contributed by atoms with Gasteiger partial charge in [0.1, 0.15) is 5.75 Å². The van der Waals surface area contributed by atoms with Crippen molar-refractivity contribution in [3.05, 3.63) is 66.1 Å². The molecule has 3 heterocycles. The van der Waals surface area contributed by atoms with Crippen molar-refractivity contribution < 1.29 is 27.8 Å². The lowest BCUT2D eigenvalue weighted by molar-refractivity contribution is -0.185. The Kier molecular flexibility index (Phi) is 8.97. The molecular weight excluding hydrogens is 483 g/mol. The number of pyridine rings is 2. The van der Waals surface area contributed by atoms with E-state index < -0.39 is 18.1 Å². The van der Waals surface area contributed by atoms with Gasteiger partial charge in [0.25, 0.3) is 0 Å². The molecule has 2 fully saturated rings. The lowest BCUT2D eigenvalue weighted by Crippen LogP contribution is -2.31. The summed E-state index contributed by atoms with van der Waals surface area (Å²) < 4.78 is 44.4. The number of nitrogens with zero attached hydrogens (tertiary/aromatic N) is 3. The first-order valence-electron chi connectivity index (χ1n) is 12.8. The second-order valence-electron chi connectivity index (χ2n) is 9.67. The number of aromatic nitrogens is 2. The van der Waals surface area contributed by atoms with Gasteiger partial charge in [0.15, 0.2) is 0 Å². The number of ether oxygens (including phenoxy) is 1.